The van der Waals surface area contributed by atoms with Crippen LogP contribution in [-0.2, 0) is 4.79 Å². The summed E-state index contributed by atoms with van der Waals surface area (Å²) in [6.45, 7) is 0. The number of nitrogens with one attached hydrogen (secondary N) is 2. The van der Waals surface area contributed by atoms with E-state index in [1.54, 1.807) is 97.1 Å². The number of amides is 2. The molecule has 0 aliphatic heterocycles. The number of rotatable bonds is 7. The Labute approximate surface area is 206 Å². The maximum absolute atomic E-state index is 13.6. The molecule has 8 heteroatoms. The maximum atomic E-state index is 13.6. The van der Waals surface area contributed by atoms with Gasteiger partial charge in [-0.1, -0.05) is 78.0 Å². The zero-order valence-electron chi connectivity index (χ0n) is 19.0. The fourth-order valence-electron chi connectivity index (χ4n) is 3.85. The van der Waals surface area contributed by atoms with Crippen molar-refractivity contribution in [3.05, 3.63) is 126 Å². The van der Waals surface area contributed by atoms with Crippen LogP contribution in [0.3, 0.4) is 0 Å². The van der Waals surface area contributed by atoms with Gasteiger partial charge < -0.3 is 10.6 Å². The molecule has 0 saturated carbocycles. The third kappa shape index (κ3) is 4.60. The van der Waals surface area contributed by atoms with Gasteiger partial charge in [0.25, 0.3) is 11.8 Å². The SMILES string of the molecule is O=C(NC(C(=O)Nc1ccccc1C(=O)c1ccccc1)n1nnc2ccccc21)c1ccccc1. The fraction of sp³-hybridized carbons (Fsp3) is 0.0357. The number of para-hydroxylation sites is 2. The van der Waals surface area contributed by atoms with Crippen LogP contribution in [-0.4, -0.2) is 32.6 Å². The molecular formula is C28H21N5O3. The van der Waals surface area contributed by atoms with Crippen molar-refractivity contribution in [2.45, 2.75) is 6.17 Å². The lowest BCUT2D eigenvalue weighted by Crippen LogP contribution is -2.41. The number of fused-ring (bicyclic) bond motifs is 1. The highest BCUT2D eigenvalue weighted by molar-refractivity contribution is 6.14. The van der Waals surface area contributed by atoms with Gasteiger partial charge in [-0.25, -0.2) is 4.68 Å². The average molecular weight is 476 g/mol. The third-order valence-electron chi connectivity index (χ3n) is 5.64. The summed E-state index contributed by atoms with van der Waals surface area (Å²) < 4.78 is 1.35. The molecule has 0 radical (unpaired) electrons. The molecule has 0 bridgehead atoms. The van der Waals surface area contributed by atoms with E-state index >= 15 is 0 Å². The normalized spacial score (nSPS) is 11.6. The highest BCUT2D eigenvalue weighted by Crippen LogP contribution is 2.22. The average Bonchev–Trinajstić information content (AvgIpc) is 3.36. The Hall–Kier alpha value is -5.11. The number of ketones is 1. The molecule has 0 aliphatic carbocycles. The molecule has 1 atom stereocenters. The molecule has 8 nitrogen and oxygen atoms in total. The zero-order chi connectivity index (χ0) is 24.9. The second-order valence-electron chi connectivity index (χ2n) is 7.99. The molecule has 5 rings (SSSR count). The first-order chi connectivity index (χ1) is 17.6. The molecule has 2 amide bonds. The van der Waals surface area contributed by atoms with E-state index < -0.39 is 18.0 Å². The van der Waals surface area contributed by atoms with Gasteiger partial charge in [-0.05, 0) is 36.4 Å². The summed E-state index contributed by atoms with van der Waals surface area (Å²) in [6, 6.07) is 31.2. The first-order valence-corrected chi connectivity index (χ1v) is 11.3. The summed E-state index contributed by atoms with van der Waals surface area (Å²) in [5, 5.41) is 13.8. The number of carbonyl (C=O) groups excluding carboxylic acids is 3. The van der Waals surface area contributed by atoms with Gasteiger partial charge in [-0.15, -0.1) is 5.10 Å². The number of benzene rings is 4. The Morgan fingerprint density at radius 3 is 2.06 bits per heavy atom. The minimum absolute atomic E-state index is 0.234. The monoisotopic (exact) mass is 475 g/mol. The van der Waals surface area contributed by atoms with Crippen molar-refractivity contribution in [3.8, 4) is 0 Å². The van der Waals surface area contributed by atoms with Crippen molar-refractivity contribution in [1.29, 1.82) is 0 Å². The molecule has 2 N–H and O–H groups in total. The van der Waals surface area contributed by atoms with E-state index in [1.165, 1.54) is 4.68 Å². The molecule has 1 aromatic heterocycles. The summed E-state index contributed by atoms with van der Waals surface area (Å²) in [7, 11) is 0. The van der Waals surface area contributed by atoms with Crippen LogP contribution >= 0.6 is 0 Å². The minimum Gasteiger partial charge on any atom is -0.322 e. The van der Waals surface area contributed by atoms with Crippen molar-refractivity contribution in [2.24, 2.45) is 0 Å². The topological polar surface area (TPSA) is 106 Å². The number of aromatic nitrogens is 3. The van der Waals surface area contributed by atoms with Crippen molar-refractivity contribution < 1.29 is 14.4 Å². The Kier molecular flexibility index (Phi) is 6.31. The minimum atomic E-state index is -1.23. The number of hydrogen-bond acceptors (Lipinski definition) is 5. The summed E-state index contributed by atoms with van der Waals surface area (Å²) in [4.78, 5) is 39.7. The van der Waals surface area contributed by atoms with Crippen molar-refractivity contribution in [2.75, 3.05) is 5.32 Å². The molecule has 0 spiro atoms. The summed E-state index contributed by atoms with van der Waals surface area (Å²) in [6.07, 6.45) is -1.23. The van der Waals surface area contributed by atoms with Gasteiger partial charge in [-0.3, -0.25) is 14.4 Å². The zero-order valence-corrected chi connectivity index (χ0v) is 19.0. The van der Waals surface area contributed by atoms with Crippen LogP contribution < -0.4 is 10.6 Å². The first-order valence-electron chi connectivity index (χ1n) is 11.3. The van der Waals surface area contributed by atoms with Gasteiger partial charge in [0.15, 0.2) is 5.78 Å². The van der Waals surface area contributed by atoms with Gasteiger partial charge in [-0.2, -0.15) is 0 Å². The number of nitrogens with zero attached hydrogens (tertiary/aromatic N) is 3. The smallest absolute Gasteiger partial charge is 0.269 e. The highest BCUT2D eigenvalue weighted by atomic mass is 16.2. The molecule has 1 heterocycles. The van der Waals surface area contributed by atoms with Crippen molar-refractivity contribution >= 4 is 34.3 Å². The largest absolute Gasteiger partial charge is 0.322 e. The standard InChI is InChI=1S/C28H21N5O3/c34-25(19-11-3-1-4-12-19)21-15-7-8-16-22(21)29-28(36)26(30-27(35)20-13-5-2-6-14-20)33-24-18-10-9-17-23(24)31-32-33/h1-18,26H,(H,29,36)(H,30,35). The second-order valence-corrected chi connectivity index (χ2v) is 7.99. The van der Waals surface area contributed by atoms with Crippen molar-refractivity contribution in [1.82, 2.24) is 20.3 Å². The number of anilines is 1. The maximum Gasteiger partial charge on any atom is 0.269 e. The number of carbonyl (C=O) groups is 3. The van der Waals surface area contributed by atoms with Gasteiger partial charge >= 0.3 is 0 Å². The molecule has 5 aromatic rings. The predicted octanol–water partition coefficient (Wildman–Crippen LogP) is 4.23. The van der Waals surface area contributed by atoms with Gasteiger partial charge in [0, 0.05) is 16.7 Å². The lowest BCUT2D eigenvalue weighted by atomic mass is 10.0. The lowest BCUT2D eigenvalue weighted by molar-refractivity contribution is -0.120. The Bertz CT molecular complexity index is 1550. The van der Waals surface area contributed by atoms with Crippen LogP contribution in [0.5, 0.6) is 0 Å². The molecule has 176 valence electrons. The lowest BCUT2D eigenvalue weighted by Gasteiger charge is -2.20. The van der Waals surface area contributed by atoms with E-state index in [1.807, 2.05) is 12.1 Å². The van der Waals surface area contributed by atoms with Crippen LogP contribution in [0.15, 0.2) is 109 Å². The molecule has 36 heavy (non-hydrogen) atoms. The van der Waals surface area contributed by atoms with Crippen LogP contribution in [0, 0.1) is 0 Å². The molecule has 0 aliphatic rings. The molecule has 0 saturated heterocycles. The van der Waals surface area contributed by atoms with Gasteiger partial charge in [0.1, 0.15) is 5.52 Å². The highest BCUT2D eigenvalue weighted by Gasteiger charge is 2.27. The van der Waals surface area contributed by atoms with E-state index in [9.17, 15) is 14.4 Å². The van der Waals surface area contributed by atoms with Crippen LogP contribution in [0.2, 0.25) is 0 Å². The van der Waals surface area contributed by atoms with E-state index in [2.05, 4.69) is 20.9 Å². The summed E-state index contributed by atoms with van der Waals surface area (Å²) in [5.74, 6) is -1.27. The third-order valence-corrected chi connectivity index (χ3v) is 5.64. The molecule has 4 aromatic carbocycles. The Morgan fingerprint density at radius 1 is 0.694 bits per heavy atom. The van der Waals surface area contributed by atoms with E-state index in [0.29, 0.717) is 33.4 Å². The van der Waals surface area contributed by atoms with E-state index in [-0.39, 0.29) is 5.78 Å². The van der Waals surface area contributed by atoms with Crippen LogP contribution in [0.1, 0.15) is 32.4 Å². The van der Waals surface area contributed by atoms with Gasteiger partial charge in [0.05, 0.1) is 11.2 Å². The Morgan fingerprint density at radius 2 is 1.31 bits per heavy atom. The first kappa shape index (κ1) is 22.7. The molecular weight excluding hydrogens is 454 g/mol. The fourth-order valence-corrected chi connectivity index (χ4v) is 3.85. The van der Waals surface area contributed by atoms with Crippen molar-refractivity contribution in [3.63, 3.8) is 0 Å². The summed E-state index contributed by atoms with van der Waals surface area (Å²) in [5.41, 5.74) is 2.67. The summed E-state index contributed by atoms with van der Waals surface area (Å²) >= 11 is 0. The van der Waals surface area contributed by atoms with E-state index in [4.69, 9.17) is 0 Å². The molecule has 1 unspecified atom stereocenters. The number of hydrogen-bond donors (Lipinski definition) is 2. The second kappa shape index (κ2) is 10.0. The Balaban J connectivity index is 1.49. The quantitative estimate of drug-likeness (QED) is 0.343. The van der Waals surface area contributed by atoms with E-state index in [0.717, 1.165) is 0 Å². The van der Waals surface area contributed by atoms with Crippen LogP contribution in [0.25, 0.3) is 11.0 Å². The molecule has 0 fully saturated rings. The predicted molar refractivity (Wildman–Crippen MR) is 135 cm³/mol. The van der Waals surface area contributed by atoms with Crippen LogP contribution in [0.4, 0.5) is 5.69 Å². The van der Waals surface area contributed by atoms with Gasteiger partial charge in [0.2, 0.25) is 6.17 Å².